The number of carbonyl (C=O) groups is 3. The molecule has 5 nitrogen and oxygen atoms in total. The molecule has 0 saturated heterocycles. The third-order valence-corrected chi connectivity index (χ3v) is 3.00. The molecule has 1 unspecified atom stereocenters. The lowest BCUT2D eigenvalue weighted by molar-refractivity contribution is -0.118. The largest absolute Gasteiger partial charge is 0.478 e. The predicted octanol–water partition coefficient (Wildman–Crippen LogP) is 1.24. The van der Waals surface area contributed by atoms with Crippen LogP contribution >= 0.6 is 0 Å². The molecule has 1 atom stereocenters. The molecule has 1 aromatic carbocycles. The van der Waals surface area contributed by atoms with Gasteiger partial charge in [-0.1, -0.05) is 0 Å². The third kappa shape index (κ3) is 2.56. The van der Waals surface area contributed by atoms with Crippen LogP contribution in [0, 0.1) is 0 Å². The third-order valence-electron chi connectivity index (χ3n) is 3.00. The topological polar surface area (TPSA) is 83.5 Å². The van der Waals surface area contributed by atoms with Crippen LogP contribution in [-0.4, -0.2) is 28.8 Å². The van der Waals surface area contributed by atoms with E-state index in [1.165, 1.54) is 24.3 Å². The smallest absolute Gasteiger partial charge is 0.335 e. The summed E-state index contributed by atoms with van der Waals surface area (Å²) in [5.41, 5.74) is 0.489. The summed E-state index contributed by atoms with van der Waals surface area (Å²) >= 11 is 0. The fourth-order valence-corrected chi connectivity index (χ4v) is 1.97. The first-order valence-electron chi connectivity index (χ1n) is 5.75. The molecule has 0 aliphatic heterocycles. The zero-order valence-corrected chi connectivity index (χ0v) is 9.68. The van der Waals surface area contributed by atoms with Gasteiger partial charge in [0.25, 0.3) is 5.91 Å². The van der Waals surface area contributed by atoms with E-state index in [2.05, 4.69) is 5.32 Å². The minimum atomic E-state index is -1.03. The van der Waals surface area contributed by atoms with Crippen LogP contribution in [0.25, 0.3) is 0 Å². The molecule has 18 heavy (non-hydrogen) atoms. The Labute approximate surface area is 104 Å². The number of benzene rings is 1. The van der Waals surface area contributed by atoms with Crippen LogP contribution in [0.5, 0.6) is 0 Å². The number of hydrogen-bond acceptors (Lipinski definition) is 3. The first-order valence-corrected chi connectivity index (χ1v) is 5.75. The van der Waals surface area contributed by atoms with Crippen molar-refractivity contribution in [2.24, 2.45) is 0 Å². The summed E-state index contributed by atoms with van der Waals surface area (Å²) in [4.78, 5) is 33.9. The lowest BCUT2D eigenvalue weighted by Gasteiger charge is -2.10. The highest BCUT2D eigenvalue weighted by atomic mass is 16.4. The van der Waals surface area contributed by atoms with Crippen molar-refractivity contribution in [3.8, 4) is 0 Å². The second kappa shape index (κ2) is 5.00. The summed E-state index contributed by atoms with van der Waals surface area (Å²) in [6, 6.07) is 5.23. The van der Waals surface area contributed by atoms with Crippen LogP contribution < -0.4 is 5.32 Å². The van der Waals surface area contributed by atoms with Crippen molar-refractivity contribution in [1.29, 1.82) is 0 Å². The Balaban J connectivity index is 2.04. The molecule has 1 amide bonds. The average Bonchev–Trinajstić information content (AvgIpc) is 2.75. The number of rotatable bonds is 3. The van der Waals surface area contributed by atoms with Gasteiger partial charge in [-0.05, 0) is 37.1 Å². The number of ketones is 1. The Morgan fingerprint density at radius 3 is 2.28 bits per heavy atom. The summed E-state index contributed by atoms with van der Waals surface area (Å²) in [5.74, 6) is -1.31. The number of hydrogen-bond donors (Lipinski definition) is 2. The van der Waals surface area contributed by atoms with E-state index in [-0.39, 0.29) is 17.3 Å². The van der Waals surface area contributed by atoms with Gasteiger partial charge in [0.05, 0.1) is 11.6 Å². The molecular weight excluding hydrogens is 234 g/mol. The molecule has 0 radical (unpaired) electrons. The Bertz CT molecular complexity index is 492. The van der Waals surface area contributed by atoms with Crippen molar-refractivity contribution in [2.75, 3.05) is 0 Å². The van der Waals surface area contributed by atoms with Gasteiger partial charge >= 0.3 is 5.97 Å². The standard InChI is InChI=1S/C13H13NO4/c15-11-3-1-2-10(11)14-12(16)8-4-6-9(7-5-8)13(17)18/h4-7,10H,1-3H2,(H,14,16)(H,17,18). The van der Waals surface area contributed by atoms with Crippen molar-refractivity contribution >= 4 is 17.7 Å². The molecule has 1 fully saturated rings. The molecular formula is C13H13NO4. The van der Waals surface area contributed by atoms with Gasteiger partial charge in [0.1, 0.15) is 0 Å². The van der Waals surface area contributed by atoms with Crippen molar-refractivity contribution < 1.29 is 19.5 Å². The Morgan fingerprint density at radius 2 is 1.78 bits per heavy atom. The molecule has 0 bridgehead atoms. The second-order valence-corrected chi connectivity index (χ2v) is 4.27. The molecule has 0 aromatic heterocycles. The van der Waals surface area contributed by atoms with E-state index in [1.807, 2.05) is 0 Å². The van der Waals surface area contributed by atoms with E-state index < -0.39 is 12.0 Å². The van der Waals surface area contributed by atoms with Crippen molar-refractivity contribution in [3.63, 3.8) is 0 Å². The fraction of sp³-hybridized carbons (Fsp3) is 0.308. The Kier molecular flexibility index (Phi) is 3.41. The number of carboxylic acid groups (broad SMARTS) is 1. The summed E-state index contributed by atoms with van der Waals surface area (Å²) in [6.07, 6.45) is 2.00. The van der Waals surface area contributed by atoms with Gasteiger partial charge in [0.15, 0.2) is 5.78 Å². The number of nitrogens with one attached hydrogen (secondary N) is 1. The summed E-state index contributed by atoms with van der Waals surface area (Å²) < 4.78 is 0. The van der Waals surface area contributed by atoms with Crippen LogP contribution in [0.2, 0.25) is 0 Å². The van der Waals surface area contributed by atoms with E-state index in [1.54, 1.807) is 0 Å². The fourth-order valence-electron chi connectivity index (χ4n) is 1.97. The molecule has 0 spiro atoms. The monoisotopic (exact) mass is 247 g/mol. The van der Waals surface area contributed by atoms with Gasteiger partial charge in [-0.2, -0.15) is 0 Å². The zero-order valence-electron chi connectivity index (χ0n) is 9.68. The maximum absolute atomic E-state index is 11.8. The number of amides is 1. The van der Waals surface area contributed by atoms with Crippen LogP contribution in [0.1, 0.15) is 40.0 Å². The van der Waals surface area contributed by atoms with Crippen molar-refractivity contribution in [3.05, 3.63) is 35.4 Å². The van der Waals surface area contributed by atoms with E-state index in [0.29, 0.717) is 18.4 Å². The van der Waals surface area contributed by atoms with E-state index in [4.69, 9.17) is 5.11 Å². The number of aromatic carboxylic acids is 1. The number of carbonyl (C=O) groups excluding carboxylic acids is 2. The quantitative estimate of drug-likeness (QED) is 0.841. The van der Waals surface area contributed by atoms with E-state index >= 15 is 0 Å². The van der Waals surface area contributed by atoms with Crippen LogP contribution in [-0.2, 0) is 4.79 Å². The average molecular weight is 247 g/mol. The maximum Gasteiger partial charge on any atom is 0.335 e. The first-order chi connectivity index (χ1) is 8.58. The summed E-state index contributed by atoms with van der Waals surface area (Å²) in [6.45, 7) is 0. The molecule has 2 N–H and O–H groups in total. The molecule has 0 heterocycles. The minimum absolute atomic E-state index is 0.0607. The first kappa shape index (κ1) is 12.3. The Hall–Kier alpha value is -2.17. The van der Waals surface area contributed by atoms with Crippen molar-refractivity contribution in [1.82, 2.24) is 5.32 Å². The van der Waals surface area contributed by atoms with Gasteiger partial charge in [-0.3, -0.25) is 9.59 Å². The van der Waals surface area contributed by atoms with E-state index in [0.717, 1.165) is 6.42 Å². The predicted molar refractivity (Wildman–Crippen MR) is 63.5 cm³/mol. The number of carboxylic acids is 1. The molecule has 5 heteroatoms. The molecule has 1 aliphatic rings. The lowest BCUT2D eigenvalue weighted by atomic mass is 10.1. The number of Topliss-reactive ketones (excluding diaryl/α,β-unsaturated/α-hetero) is 1. The molecule has 94 valence electrons. The minimum Gasteiger partial charge on any atom is -0.478 e. The van der Waals surface area contributed by atoms with Crippen molar-refractivity contribution in [2.45, 2.75) is 25.3 Å². The SMILES string of the molecule is O=C(O)c1ccc(C(=O)NC2CCCC2=O)cc1. The van der Waals surface area contributed by atoms with E-state index in [9.17, 15) is 14.4 Å². The highest BCUT2D eigenvalue weighted by molar-refractivity contribution is 5.99. The Morgan fingerprint density at radius 1 is 1.17 bits per heavy atom. The summed E-state index contributed by atoms with van der Waals surface area (Å²) in [5, 5.41) is 11.4. The van der Waals surface area contributed by atoms with Gasteiger partial charge in [-0.15, -0.1) is 0 Å². The molecule has 2 rings (SSSR count). The lowest BCUT2D eigenvalue weighted by Crippen LogP contribution is -2.37. The highest BCUT2D eigenvalue weighted by Crippen LogP contribution is 2.15. The van der Waals surface area contributed by atoms with Crippen LogP contribution in [0.4, 0.5) is 0 Å². The second-order valence-electron chi connectivity index (χ2n) is 4.27. The van der Waals surface area contributed by atoms with Gasteiger partial charge < -0.3 is 10.4 Å². The van der Waals surface area contributed by atoms with Gasteiger partial charge in [0, 0.05) is 12.0 Å². The zero-order chi connectivity index (χ0) is 13.1. The normalized spacial score (nSPS) is 18.7. The van der Waals surface area contributed by atoms with Crippen LogP contribution in [0.3, 0.4) is 0 Å². The summed E-state index contributed by atoms with van der Waals surface area (Å²) in [7, 11) is 0. The molecule has 1 aromatic rings. The highest BCUT2D eigenvalue weighted by Gasteiger charge is 2.26. The van der Waals surface area contributed by atoms with Crippen LogP contribution in [0.15, 0.2) is 24.3 Å². The van der Waals surface area contributed by atoms with Gasteiger partial charge in [-0.25, -0.2) is 4.79 Å². The van der Waals surface area contributed by atoms with Gasteiger partial charge in [0.2, 0.25) is 0 Å². The molecule has 1 aliphatic carbocycles. The molecule has 1 saturated carbocycles. The maximum atomic E-state index is 11.8.